The van der Waals surface area contributed by atoms with E-state index in [9.17, 15) is 9.59 Å². The van der Waals surface area contributed by atoms with Gasteiger partial charge in [0, 0.05) is 24.9 Å². The van der Waals surface area contributed by atoms with E-state index < -0.39 is 5.92 Å². The van der Waals surface area contributed by atoms with Crippen molar-refractivity contribution in [3.63, 3.8) is 0 Å². The lowest BCUT2D eigenvalue weighted by Gasteiger charge is -2.36. The molecule has 1 aliphatic heterocycles. The van der Waals surface area contributed by atoms with Crippen LogP contribution in [0.4, 0.5) is 0 Å². The number of morpholine rings is 1. The first-order valence-electron chi connectivity index (χ1n) is 10.7. The molecule has 4 rings (SSSR count). The summed E-state index contributed by atoms with van der Waals surface area (Å²) >= 11 is 1.42. The van der Waals surface area contributed by atoms with Crippen molar-refractivity contribution in [3.05, 3.63) is 36.2 Å². The van der Waals surface area contributed by atoms with Crippen molar-refractivity contribution in [3.8, 4) is 0 Å². The Morgan fingerprint density at radius 3 is 2.62 bits per heavy atom. The number of hydrogen-bond acceptors (Lipinski definition) is 5. The first-order valence-corrected chi connectivity index (χ1v) is 11.5. The van der Waals surface area contributed by atoms with Crippen LogP contribution in [0.2, 0.25) is 0 Å². The van der Waals surface area contributed by atoms with Crippen molar-refractivity contribution in [2.75, 3.05) is 26.3 Å². The van der Waals surface area contributed by atoms with Gasteiger partial charge in [-0.3, -0.25) is 9.59 Å². The Morgan fingerprint density at radius 1 is 1.17 bits per heavy atom. The van der Waals surface area contributed by atoms with E-state index in [0.717, 1.165) is 23.1 Å². The van der Waals surface area contributed by atoms with E-state index in [1.54, 1.807) is 0 Å². The summed E-state index contributed by atoms with van der Waals surface area (Å²) in [6, 6.07) is 7.79. The highest BCUT2D eigenvalue weighted by molar-refractivity contribution is 7.20. The fourth-order valence-electron chi connectivity index (χ4n) is 4.62. The molecule has 2 atom stereocenters. The summed E-state index contributed by atoms with van der Waals surface area (Å²) < 4.78 is 6.42. The molecule has 1 saturated heterocycles. The minimum Gasteiger partial charge on any atom is -0.378 e. The molecule has 2 aromatic rings. The minimum atomic E-state index is -0.451. The van der Waals surface area contributed by atoms with Gasteiger partial charge in [0.25, 0.3) is 0 Å². The van der Waals surface area contributed by atoms with Crippen LogP contribution in [0.1, 0.15) is 48.3 Å². The molecule has 1 aromatic heterocycles. The third-order valence-corrected chi connectivity index (χ3v) is 7.32. The van der Waals surface area contributed by atoms with E-state index >= 15 is 0 Å². The number of fused-ring (bicyclic) bond motifs is 1. The van der Waals surface area contributed by atoms with Crippen LogP contribution in [0.5, 0.6) is 0 Å². The van der Waals surface area contributed by atoms with Crippen LogP contribution in [0.25, 0.3) is 10.2 Å². The zero-order valence-corrected chi connectivity index (χ0v) is 17.7. The van der Waals surface area contributed by atoms with Crippen LogP contribution in [-0.4, -0.2) is 47.9 Å². The molecule has 5 nitrogen and oxygen atoms in total. The van der Waals surface area contributed by atoms with Crippen LogP contribution in [-0.2, 0) is 9.53 Å². The number of aromatic nitrogens is 1. The van der Waals surface area contributed by atoms with Gasteiger partial charge in [-0.05, 0) is 44.2 Å². The molecule has 2 unspecified atom stereocenters. The fourth-order valence-corrected chi connectivity index (χ4v) is 5.60. The van der Waals surface area contributed by atoms with Crippen molar-refractivity contribution >= 4 is 33.2 Å². The minimum absolute atomic E-state index is 0.0400. The summed E-state index contributed by atoms with van der Waals surface area (Å²) in [5.41, 5.74) is 0.848. The number of thiazole rings is 1. The van der Waals surface area contributed by atoms with Gasteiger partial charge in [-0.15, -0.1) is 11.3 Å². The Hall–Kier alpha value is -1.79. The lowest BCUT2D eigenvalue weighted by atomic mass is 9.75. The summed E-state index contributed by atoms with van der Waals surface area (Å²) in [5, 5.41) is 0.507. The Labute approximate surface area is 176 Å². The van der Waals surface area contributed by atoms with Gasteiger partial charge in [0.1, 0.15) is 0 Å². The maximum atomic E-state index is 13.4. The van der Waals surface area contributed by atoms with E-state index in [-0.39, 0.29) is 17.6 Å². The average molecular weight is 414 g/mol. The molecule has 0 bridgehead atoms. The number of ketones is 1. The number of Topliss-reactive ketones (excluding diaryl/α,β-unsaturated/α-hetero) is 1. The lowest BCUT2D eigenvalue weighted by Crippen LogP contribution is -2.46. The monoisotopic (exact) mass is 413 g/mol. The summed E-state index contributed by atoms with van der Waals surface area (Å²) in [5.74, 6) is -0.0824. The quantitative estimate of drug-likeness (QED) is 0.660. The highest BCUT2D eigenvalue weighted by atomic mass is 32.1. The predicted molar refractivity (Wildman–Crippen MR) is 115 cm³/mol. The molecule has 29 heavy (non-hydrogen) atoms. The van der Waals surface area contributed by atoms with Gasteiger partial charge in [-0.25, -0.2) is 4.98 Å². The molecule has 0 N–H and O–H groups in total. The molecular weight excluding hydrogens is 384 g/mol. The number of para-hydroxylation sites is 1. The Kier molecular flexibility index (Phi) is 6.60. The van der Waals surface area contributed by atoms with Crippen LogP contribution >= 0.6 is 11.3 Å². The third-order valence-electron chi connectivity index (χ3n) is 6.27. The van der Waals surface area contributed by atoms with Gasteiger partial charge in [0.05, 0.1) is 23.4 Å². The maximum absolute atomic E-state index is 13.4. The fraction of sp³-hybridized carbons (Fsp3) is 0.565. The van der Waals surface area contributed by atoms with E-state index in [4.69, 9.17) is 4.74 Å². The van der Waals surface area contributed by atoms with Crippen LogP contribution < -0.4 is 0 Å². The number of carbonyl (C=O) groups excluding carboxylic acids is 2. The summed E-state index contributed by atoms with van der Waals surface area (Å²) in [7, 11) is 0. The summed E-state index contributed by atoms with van der Waals surface area (Å²) in [6.07, 6.45) is 6.24. The van der Waals surface area contributed by atoms with Crippen LogP contribution in [0, 0.1) is 24.7 Å². The molecule has 1 aliphatic carbocycles. The highest BCUT2D eigenvalue weighted by Crippen LogP contribution is 2.36. The topological polar surface area (TPSA) is 59.5 Å². The van der Waals surface area contributed by atoms with Crippen molar-refractivity contribution in [2.45, 2.75) is 38.5 Å². The molecule has 2 aliphatic rings. The largest absolute Gasteiger partial charge is 0.378 e. The first kappa shape index (κ1) is 20.5. The molecule has 2 fully saturated rings. The Bertz CT molecular complexity index is 820. The van der Waals surface area contributed by atoms with E-state index in [1.165, 1.54) is 30.6 Å². The SMILES string of the molecule is [CH2]C(CC(C(=O)N1CCOCC1)C1CCCCC1)C(=O)c1nc2ccccc2s1. The standard InChI is InChI=1S/C23H29N2O3S/c1-16(21(26)22-24-19-9-5-6-10-20(19)29-22)15-18(17-7-3-2-4-8-17)23(27)25-11-13-28-14-12-25/h5-6,9-10,16-18H,1-4,7-8,11-15H2. The molecular formula is C23H29N2O3S. The number of rotatable bonds is 6. The smallest absolute Gasteiger partial charge is 0.226 e. The number of carbonyl (C=O) groups is 2. The average Bonchev–Trinajstić information content (AvgIpc) is 3.22. The third kappa shape index (κ3) is 4.69. The molecule has 2 heterocycles. The second-order valence-electron chi connectivity index (χ2n) is 8.23. The van der Waals surface area contributed by atoms with Crippen molar-refractivity contribution in [1.82, 2.24) is 9.88 Å². The summed E-state index contributed by atoms with van der Waals surface area (Å²) in [6.45, 7) is 6.66. The molecule has 0 spiro atoms. The van der Waals surface area contributed by atoms with Crippen LogP contribution in [0.3, 0.4) is 0 Å². The van der Waals surface area contributed by atoms with Gasteiger partial charge in [0.15, 0.2) is 10.8 Å². The zero-order valence-electron chi connectivity index (χ0n) is 16.8. The second kappa shape index (κ2) is 9.35. The molecule has 1 aromatic carbocycles. The number of benzene rings is 1. The second-order valence-corrected chi connectivity index (χ2v) is 9.26. The van der Waals surface area contributed by atoms with Gasteiger partial charge in [-0.1, -0.05) is 31.4 Å². The number of ether oxygens (including phenoxy) is 1. The lowest BCUT2D eigenvalue weighted by molar-refractivity contribution is -0.142. The molecule has 1 amide bonds. The highest BCUT2D eigenvalue weighted by Gasteiger charge is 2.36. The van der Waals surface area contributed by atoms with Gasteiger partial charge >= 0.3 is 0 Å². The first-order chi connectivity index (χ1) is 14.1. The number of amides is 1. The zero-order chi connectivity index (χ0) is 20.2. The predicted octanol–water partition coefficient (Wildman–Crippen LogP) is 4.37. The van der Waals surface area contributed by atoms with Gasteiger partial charge in [-0.2, -0.15) is 0 Å². The van der Waals surface area contributed by atoms with Gasteiger partial charge < -0.3 is 9.64 Å². The normalized spacial score (nSPS) is 20.5. The van der Waals surface area contributed by atoms with Gasteiger partial charge in [0.2, 0.25) is 5.91 Å². The molecule has 155 valence electrons. The number of nitrogens with zero attached hydrogens (tertiary/aromatic N) is 2. The summed E-state index contributed by atoms with van der Waals surface area (Å²) in [4.78, 5) is 32.9. The van der Waals surface area contributed by atoms with E-state index in [0.29, 0.717) is 43.6 Å². The Morgan fingerprint density at radius 2 is 1.90 bits per heavy atom. The van der Waals surface area contributed by atoms with E-state index in [2.05, 4.69) is 11.9 Å². The molecule has 1 saturated carbocycles. The van der Waals surface area contributed by atoms with Crippen molar-refractivity contribution < 1.29 is 14.3 Å². The number of hydrogen-bond donors (Lipinski definition) is 0. The molecule has 6 heteroatoms. The van der Waals surface area contributed by atoms with E-state index in [1.807, 2.05) is 29.2 Å². The Balaban J connectivity index is 1.50. The molecule has 1 radical (unpaired) electrons. The van der Waals surface area contributed by atoms with Crippen LogP contribution in [0.15, 0.2) is 24.3 Å². The van der Waals surface area contributed by atoms with Crippen molar-refractivity contribution in [1.29, 1.82) is 0 Å². The van der Waals surface area contributed by atoms with Crippen molar-refractivity contribution in [2.24, 2.45) is 17.8 Å². The maximum Gasteiger partial charge on any atom is 0.226 e.